The van der Waals surface area contributed by atoms with Gasteiger partial charge < -0.3 is 15.9 Å². The van der Waals surface area contributed by atoms with E-state index in [-0.39, 0.29) is 17.6 Å². The first-order valence-electron chi connectivity index (χ1n) is 14.0. The number of aliphatic hydroxyl groups excluding tert-OH is 2. The zero-order valence-electron chi connectivity index (χ0n) is 21.4. The van der Waals surface area contributed by atoms with Gasteiger partial charge in [-0.3, -0.25) is 0 Å². The minimum Gasteiger partial charge on any atom is -0.393 e. The van der Waals surface area contributed by atoms with Crippen LogP contribution in [0.5, 0.6) is 0 Å². The molecule has 3 heteroatoms. The quantitative estimate of drug-likeness (QED) is 0.397. The van der Waals surface area contributed by atoms with Crippen LogP contribution < -0.4 is 5.73 Å². The molecule has 32 heavy (non-hydrogen) atoms. The van der Waals surface area contributed by atoms with E-state index in [0.29, 0.717) is 30.2 Å². The van der Waals surface area contributed by atoms with Crippen LogP contribution in [0.15, 0.2) is 11.6 Å². The monoisotopic (exact) mass is 445 g/mol. The molecule has 4 aliphatic rings. The van der Waals surface area contributed by atoms with Gasteiger partial charge in [0.25, 0.3) is 0 Å². The van der Waals surface area contributed by atoms with Crippen molar-refractivity contribution >= 4 is 0 Å². The normalized spacial score (nSPS) is 43.2. The lowest BCUT2D eigenvalue weighted by molar-refractivity contribution is -0.109. The van der Waals surface area contributed by atoms with E-state index < -0.39 is 0 Å². The zero-order chi connectivity index (χ0) is 23.1. The van der Waals surface area contributed by atoms with Crippen molar-refractivity contribution in [2.24, 2.45) is 52.1 Å². The maximum atomic E-state index is 11.5. The second-order valence-electron chi connectivity index (χ2n) is 12.9. The second kappa shape index (κ2) is 9.70. The molecule has 0 heterocycles. The molecule has 4 rings (SSSR count). The molecular weight excluding hydrogens is 394 g/mol. The maximum absolute atomic E-state index is 11.5. The van der Waals surface area contributed by atoms with Crippen molar-refractivity contribution in [1.82, 2.24) is 0 Å². The van der Waals surface area contributed by atoms with E-state index in [1.54, 1.807) is 0 Å². The van der Waals surface area contributed by atoms with Gasteiger partial charge in [0, 0.05) is 5.41 Å². The van der Waals surface area contributed by atoms with E-state index in [2.05, 4.69) is 33.8 Å². The molecular formula is C29H51NO2. The molecule has 0 spiro atoms. The van der Waals surface area contributed by atoms with Crippen molar-refractivity contribution in [2.75, 3.05) is 6.54 Å². The molecule has 9 atom stereocenters. The highest BCUT2D eigenvalue weighted by atomic mass is 16.3. The number of hydrogen-bond acceptors (Lipinski definition) is 3. The summed E-state index contributed by atoms with van der Waals surface area (Å²) in [5, 5.41) is 21.9. The third-order valence-corrected chi connectivity index (χ3v) is 10.9. The molecule has 0 bridgehead atoms. The molecule has 184 valence electrons. The fraction of sp³-hybridized carbons (Fsp3) is 0.931. The van der Waals surface area contributed by atoms with Crippen molar-refractivity contribution < 1.29 is 10.2 Å². The van der Waals surface area contributed by atoms with Gasteiger partial charge in [0.2, 0.25) is 0 Å². The first-order valence-corrected chi connectivity index (χ1v) is 14.0. The number of aliphatic hydroxyl groups is 2. The Kier molecular flexibility index (Phi) is 7.50. The number of allylic oxidation sites excluding steroid dienone is 1. The number of nitrogens with two attached hydrogens (primary N) is 1. The van der Waals surface area contributed by atoms with Gasteiger partial charge in [0.15, 0.2) is 0 Å². The van der Waals surface area contributed by atoms with Gasteiger partial charge in [-0.2, -0.15) is 0 Å². The third kappa shape index (κ3) is 4.13. The average Bonchev–Trinajstić information content (AvgIpc) is 3.10. The maximum Gasteiger partial charge on any atom is 0.0648 e. The van der Waals surface area contributed by atoms with E-state index in [1.807, 2.05) is 0 Å². The van der Waals surface area contributed by atoms with Crippen LogP contribution in [-0.4, -0.2) is 29.0 Å². The summed E-state index contributed by atoms with van der Waals surface area (Å²) in [5.74, 6) is 4.58. The highest BCUT2D eigenvalue weighted by molar-refractivity contribution is 5.28. The zero-order valence-corrected chi connectivity index (χ0v) is 21.4. The van der Waals surface area contributed by atoms with E-state index in [9.17, 15) is 10.2 Å². The summed E-state index contributed by atoms with van der Waals surface area (Å²) in [6.07, 6.45) is 15.8. The van der Waals surface area contributed by atoms with Gasteiger partial charge >= 0.3 is 0 Å². The van der Waals surface area contributed by atoms with E-state index in [4.69, 9.17) is 5.73 Å². The first kappa shape index (κ1) is 24.7. The Morgan fingerprint density at radius 2 is 1.81 bits per heavy atom. The molecule has 1 unspecified atom stereocenters. The van der Waals surface area contributed by atoms with Crippen LogP contribution in [0.1, 0.15) is 105 Å². The lowest BCUT2D eigenvalue weighted by Crippen LogP contribution is -2.56. The smallest absolute Gasteiger partial charge is 0.0648 e. The summed E-state index contributed by atoms with van der Waals surface area (Å²) in [5.41, 5.74) is 7.66. The van der Waals surface area contributed by atoms with E-state index >= 15 is 0 Å². The van der Waals surface area contributed by atoms with Gasteiger partial charge in [-0.15, -0.1) is 0 Å². The van der Waals surface area contributed by atoms with Crippen LogP contribution >= 0.6 is 0 Å². The number of hydrogen-bond donors (Lipinski definition) is 3. The minimum atomic E-state index is -0.351. The predicted molar refractivity (Wildman–Crippen MR) is 133 cm³/mol. The number of fused-ring (bicyclic) bond motifs is 5. The third-order valence-electron chi connectivity index (χ3n) is 10.9. The molecule has 0 aliphatic heterocycles. The molecule has 0 saturated heterocycles. The van der Waals surface area contributed by atoms with Crippen LogP contribution in [0.25, 0.3) is 0 Å². The molecule has 0 aromatic rings. The van der Waals surface area contributed by atoms with Gasteiger partial charge in [0.1, 0.15) is 0 Å². The SMILES string of the molecule is CC(C)CCC[C@@H](C)[C@H]1CC[C@H]2[C@@H]3CC=C4C[C@@H](O)CC[C@]4(C(O)CCN)[C@H]3CC[C@]12C. The van der Waals surface area contributed by atoms with Crippen LogP contribution in [-0.2, 0) is 0 Å². The standard InChI is InChI=1S/C29H51NO2/c1-19(2)6-5-7-20(3)24-10-11-25-23-9-8-21-18-22(31)12-16-29(21,27(32)14-17-30)26(23)13-15-28(24,25)4/h8,19-20,22-27,31-32H,5-7,9-18,30H2,1-4H3/t20-,22+,23+,24-,25+,26+,27?,28-,29-/m1/s1. The number of rotatable bonds is 8. The molecule has 3 fully saturated rings. The second-order valence-corrected chi connectivity index (χ2v) is 12.9. The summed E-state index contributed by atoms with van der Waals surface area (Å²) >= 11 is 0. The highest BCUT2D eigenvalue weighted by Crippen LogP contribution is 2.68. The van der Waals surface area contributed by atoms with Crippen molar-refractivity contribution in [1.29, 1.82) is 0 Å². The Morgan fingerprint density at radius 1 is 1.03 bits per heavy atom. The largest absolute Gasteiger partial charge is 0.393 e. The lowest BCUT2D eigenvalue weighted by Gasteiger charge is -2.60. The van der Waals surface area contributed by atoms with Crippen molar-refractivity contribution in [3.8, 4) is 0 Å². The van der Waals surface area contributed by atoms with Gasteiger partial charge in [0.05, 0.1) is 12.2 Å². The summed E-state index contributed by atoms with van der Waals surface area (Å²) < 4.78 is 0. The van der Waals surface area contributed by atoms with Crippen LogP contribution in [0.2, 0.25) is 0 Å². The predicted octanol–water partition coefficient (Wildman–Crippen LogP) is 6.08. The summed E-state index contributed by atoms with van der Waals surface area (Å²) in [4.78, 5) is 0. The first-order chi connectivity index (χ1) is 15.2. The molecule has 0 radical (unpaired) electrons. The van der Waals surface area contributed by atoms with Gasteiger partial charge in [-0.25, -0.2) is 0 Å². The molecule has 0 aromatic heterocycles. The Hall–Kier alpha value is -0.380. The summed E-state index contributed by atoms with van der Waals surface area (Å²) in [6.45, 7) is 10.4. The highest BCUT2D eigenvalue weighted by Gasteiger charge is 2.61. The fourth-order valence-electron chi connectivity index (χ4n) is 9.41. The van der Waals surface area contributed by atoms with E-state index in [0.717, 1.165) is 42.9 Å². The van der Waals surface area contributed by atoms with Crippen LogP contribution in [0.3, 0.4) is 0 Å². The Bertz CT molecular complexity index is 674. The topological polar surface area (TPSA) is 66.5 Å². The van der Waals surface area contributed by atoms with Crippen molar-refractivity contribution in [3.05, 3.63) is 11.6 Å². The molecule has 0 amide bonds. The van der Waals surface area contributed by atoms with Crippen LogP contribution in [0, 0.1) is 46.3 Å². The van der Waals surface area contributed by atoms with Gasteiger partial charge in [-0.05, 0) is 105 Å². The fourth-order valence-corrected chi connectivity index (χ4v) is 9.41. The van der Waals surface area contributed by atoms with Crippen molar-refractivity contribution in [2.45, 2.75) is 117 Å². The van der Waals surface area contributed by atoms with E-state index in [1.165, 1.54) is 56.9 Å². The molecule has 3 nitrogen and oxygen atoms in total. The molecule has 4 N–H and O–H groups in total. The lowest BCUT2D eigenvalue weighted by atomic mass is 9.45. The van der Waals surface area contributed by atoms with Crippen LogP contribution in [0.4, 0.5) is 0 Å². The summed E-state index contributed by atoms with van der Waals surface area (Å²) in [7, 11) is 0. The molecule has 4 aliphatic carbocycles. The molecule has 0 aromatic carbocycles. The Balaban J connectivity index is 1.56. The van der Waals surface area contributed by atoms with Crippen molar-refractivity contribution in [3.63, 3.8) is 0 Å². The van der Waals surface area contributed by atoms with Gasteiger partial charge in [-0.1, -0.05) is 58.6 Å². The molecule has 3 saturated carbocycles. The average molecular weight is 446 g/mol. The Morgan fingerprint density at radius 3 is 2.53 bits per heavy atom. The Labute approximate surface area is 197 Å². The minimum absolute atomic E-state index is 0.121. The summed E-state index contributed by atoms with van der Waals surface area (Å²) in [6, 6.07) is 0.